The monoisotopic (exact) mass is 367 g/mol. The average Bonchev–Trinajstić information content (AvgIpc) is 3.22. The van der Waals surface area contributed by atoms with E-state index in [4.69, 9.17) is 9.15 Å². The molecule has 0 spiro atoms. The van der Waals surface area contributed by atoms with Crippen LogP contribution in [-0.2, 0) is 34.2 Å². The Bertz CT molecular complexity index is 819. The summed E-state index contributed by atoms with van der Waals surface area (Å²) >= 11 is 0. The van der Waals surface area contributed by atoms with Crippen molar-refractivity contribution in [3.63, 3.8) is 0 Å². The van der Waals surface area contributed by atoms with Gasteiger partial charge in [-0.1, -0.05) is 0 Å². The van der Waals surface area contributed by atoms with Gasteiger partial charge in [0.15, 0.2) is 0 Å². The Hall–Kier alpha value is -1.64. The van der Waals surface area contributed by atoms with Crippen molar-refractivity contribution in [1.29, 1.82) is 0 Å². The Morgan fingerprint density at radius 2 is 2.16 bits per heavy atom. The molecule has 7 nitrogen and oxygen atoms in total. The summed E-state index contributed by atoms with van der Waals surface area (Å²) in [5.74, 6) is 1.76. The van der Waals surface area contributed by atoms with Crippen LogP contribution in [0.25, 0.3) is 0 Å². The molecule has 8 heteroatoms. The smallest absolute Gasteiger partial charge is 0.227 e. The number of rotatable bonds is 7. The molecular formula is C17H25N3O4S. The van der Waals surface area contributed by atoms with E-state index in [9.17, 15) is 8.42 Å². The van der Waals surface area contributed by atoms with Crippen LogP contribution < -0.4 is 0 Å². The average molecular weight is 367 g/mol. The number of ether oxygens (including phenoxy) is 1. The highest BCUT2D eigenvalue weighted by Crippen LogP contribution is 2.20. The summed E-state index contributed by atoms with van der Waals surface area (Å²) < 4.78 is 37.2. The molecule has 1 atom stereocenters. The SMILES string of the molecule is Cc1ccc(CN(C)Cc2cnc(S(C)(=O)=O)n2CC2CCCO2)o1. The Balaban J connectivity index is 1.78. The second kappa shape index (κ2) is 7.31. The van der Waals surface area contributed by atoms with Crippen molar-refractivity contribution in [2.75, 3.05) is 19.9 Å². The second-order valence-corrected chi connectivity index (χ2v) is 8.64. The zero-order valence-electron chi connectivity index (χ0n) is 14.9. The van der Waals surface area contributed by atoms with Crippen LogP contribution in [0, 0.1) is 6.92 Å². The molecule has 2 aromatic heterocycles. The molecule has 1 aliphatic heterocycles. The van der Waals surface area contributed by atoms with Gasteiger partial charge in [-0.25, -0.2) is 13.4 Å². The van der Waals surface area contributed by atoms with Gasteiger partial charge in [0.1, 0.15) is 11.5 Å². The summed E-state index contributed by atoms with van der Waals surface area (Å²) in [6, 6.07) is 3.89. The van der Waals surface area contributed by atoms with E-state index in [1.165, 1.54) is 6.26 Å². The molecule has 1 saturated heterocycles. The van der Waals surface area contributed by atoms with Gasteiger partial charge >= 0.3 is 0 Å². The van der Waals surface area contributed by atoms with Gasteiger partial charge in [-0.05, 0) is 38.9 Å². The fourth-order valence-corrected chi connectivity index (χ4v) is 4.01. The lowest BCUT2D eigenvalue weighted by molar-refractivity contribution is 0.0933. The number of sulfone groups is 1. The molecule has 0 radical (unpaired) electrons. The quantitative estimate of drug-likeness (QED) is 0.745. The number of hydrogen-bond donors (Lipinski definition) is 0. The summed E-state index contributed by atoms with van der Waals surface area (Å²) in [6.45, 7) is 4.40. The summed E-state index contributed by atoms with van der Waals surface area (Å²) in [7, 11) is -1.41. The third kappa shape index (κ3) is 4.50. The third-order valence-corrected chi connectivity index (χ3v) is 5.29. The van der Waals surface area contributed by atoms with E-state index in [0.717, 1.165) is 36.7 Å². The molecule has 1 unspecified atom stereocenters. The summed E-state index contributed by atoms with van der Waals surface area (Å²) in [5.41, 5.74) is 0.863. The molecule has 1 fully saturated rings. The van der Waals surface area contributed by atoms with Crippen LogP contribution in [0.4, 0.5) is 0 Å². The van der Waals surface area contributed by atoms with Crippen molar-refractivity contribution < 1.29 is 17.6 Å². The first-order valence-corrected chi connectivity index (χ1v) is 10.3. The van der Waals surface area contributed by atoms with Crippen LogP contribution >= 0.6 is 0 Å². The lowest BCUT2D eigenvalue weighted by Gasteiger charge is -2.19. The molecule has 3 rings (SSSR count). The van der Waals surface area contributed by atoms with Gasteiger partial charge in [-0.3, -0.25) is 4.90 Å². The van der Waals surface area contributed by atoms with Gasteiger partial charge in [-0.15, -0.1) is 0 Å². The minimum atomic E-state index is -3.39. The van der Waals surface area contributed by atoms with Gasteiger partial charge in [-0.2, -0.15) is 0 Å². The minimum absolute atomic E-state index is 0.0477. The van der Waals surface area contributed by atoms with E-state index in [0.29, 0.717) is 19.6 Å². The highest BCUT2D eigenvalue weighted by atomic mass is 32.2. The van der Waals surface area contributed by atoms with Crippen LogP contribution in [0.5, 0.6) is 0 Å². The Labute approximate surface area is 148 Å². The minimum Gasteiger partial charge on any atom is -0.465 e. The summed E-state index contributed by atoms with van der Waals surface area (Å²) in [5, 5.41) is 0.111. The predicted molar refractivity (Wildman–Crippen MR) is 92.9 cm³/mol. The van der Waals surface area contributed by atoms with E-state index in [2.05, 4.69) is 9.88 Å². The zero-order chi connectivity index (χ0) is 18.0. The first kappa shape index (κ1) is 18.2. The topological polar surface area (TPSA) is 77.6 Å². The molecule has 3 heterocycles. The molecule has 0 bridgehead atoms. The number of imidazole rings is 1. The molecule has 2 aromatic rings. The van der Waals surface area contributed by atoms with Crippen molar-refractivity contribution in [3.05, 3.63) is 35.5 Å². The van der Waals surface area contributed by atoms with Crippen LogP contribution in [0.15, 0.2) is 27.9 Å². The molecule has 1 aliphatic rings. The Morgan fingerprint density at radius 3 is 2.76 bits per heavy atom. The highest BCUT2D eigenvalue weighted by Gasteiger charge is 2.24. The maximum atomic E-state index is 12.1. The van der Waals surface area contributed by atoms with E-state index < -0.39 is 9.84 Å². The highest BCUT2D eigenvalue weighted by molar-refractivity contribution is 7.90. The number of aromatic nitrogens is 2. The Kier molecular flexibility index (Phi) is 5.31. The van der Waals surface area contributed by atoms with Crippen molar-refractivity contribution in [2.24, 2.45) is 0 Å². The van der Waals surface area contributed by atoms with Gasteiger partial charge in [0, 0.05) is 19.4 Å². The van der Waals surface area contributed by atoms with Crippen molar-refractivity contribution >= 4 is 9.84 Å². The van der Waals surface area contributed by atoms with E-state index in [-0.39, 0.29) is 11.3 Å². The van der Waals surface area contributed by atoms with Crippen LogP contribution in [0.1, 0.15) is 30.1 Å². The first-order valence-electron chi connectivity index (χ1n) is 8.43. The molecule has 0 saturated carbocycles. The van der Waals surface area contributed by atoms with Crippen LogP contribution in [0.3, 0.4) is 0 Å². The molecule has 138 valence electrons. The Morgan fingerprint density at radius 1 is 1.36 bits per heavy atom. The number of nitrogens with zero attached hydrogens (tertiary/aromatic N) is 3. The van der Waals surface area contributed by atoms with Gasteiger partial charge in [0.05, 0.1) is 31.1 Å². The molecule has 0 N–H and O–H groups in total. The van der Waals surface area contributed by atoms with Gasteiger partial charge in [0.25, 0.3) is 0 Å². The van der Waals surface area contributed by atoms with Gasteiger partial charge < -0.3 is 13.7 Å². The normalized spacial score (nSPS) is 18.3. The lowest BCUT2D eigenvalue weighted by Crippen LogP contribution is -2.24. The zero-order valence-corrected chi connectivity index (χ0v) is 15.8. The summed E-state index contributed by atoms with van der Waals surface area (Å²) in [4.78, 5) is 6.24. The molecule has 0 aliphatic carbocycles. The largest absolute Gasteiger partial charge is 0.465 e. The van der Waals surface area contributed by atoms with E-state index >= 15 is 0 Å². The maximum absolute atomic E-state index is 12.1. The lowest BCUT2D eigenvalue weighted by atomic mass is 10.2. The van der Waals surface area contributed by atoms with Crippen LogP contribution in [-0.4, -0.2) is 48.9 Å². The second-order valence-electron chi connectivity index (χ2n) is 6.73. The first-order chi connectivity index (χ1) is 11.8. The number of hydrogen-bond acceptors (Lipinski definition) is 6. The maximum Gasteiger partial charge on any atom is 0.227 e. The van der Waals surface area contributed by atoms with Crippen molar-refractivity contribution in [2.45, 2.75) is 50.7 Å². The van der Waals surface area contributed by atoms with Crippen molar-refractivity contribution in [1.82, 2.24) is 14.5 Å². The molecule has 0 aromatic carbocycles. The number of aryl methyl sites for hydroxylation is 1. The van der Waals surface area contributed by atoms with Gasteiger partial charge in [0.2, 0.25) is 15.0 Å². The predicted octanol–water partition coefficient (Wildman–Crippen LogP) is 2.00. The third-order valence-electron chi connectivity index (χ3n) is 4.30. The van der Waals surface area contributed by atoms with E-state index in [1.807, 2.05) is 26.1 Å². The van der Waals surface area contributed by atoms with Crippen LogP contribution in [0.2, 0.25) is 0 Å². The van der Waals surface area contributed by atoms with E-state index in [1.54, 1.807) is 10.8 Å². The fraction of sp³-hybridized carbons (Fsp3) is 0.588. The molecule has 0 amide bonds. The summed E-state index contributed by atoms with van der Waals surface area (Å²) in [6.07, 6.45) is 4.85. The molecular weight excluding hydrogens is 342 g/mol. The van der Waals surface area contributed by atoms with Crippen molar-refractivity contribution in [3.8, 4) is 0 Å². The molecule has 25 heavy (non-hydrogen) atoms. The standard InChI is InChI=1S/C17H25N3O4S/c1-13-6-7-16(24-13)11-19(2)10-14-9-18-17(25(3,21)22)20(14)12-15-5-4-8-23-15/h6-7,9,15H,4-5,8,10-12H2,1-3H3. The fourth-order valence-electron chi connectivity index (χ4n) is 3.17. The number of furan rings is 1.